The first-order valence-electron chi connectivity index (χ1n) is 5.88. The molecule has 2 heterocycles. The molecular formula is C14H7F3N2OS. The number of alkyl halides is 3. The summed E-state index contributed by atoms with van der Waals surface area (Å²) in [5, 5.41) is -0.420. The number of ketones is 1. The van der Waals surface area contributed by atoms with E-state index < -0.39 is 17.0 Å². The molecule has 3 aromatic rings. The van der Waals surface area contributed by atoms with E-state index in [1.807, 2.05) is 0 Å². The highest BCUT2D eigenvalue weighted by atomic mass is 32.1. The Balaban J connectivity index is 2.07. The number of fused-ring (bicyclic) bond motifs is 1. The Kier molecular flexibility index (Phi) is 3.21. The molecule has 0 amide bonds. The molecule has 7 heteroatoms. The number of halogens is 3. The lowest BCUT2D eigenvalue weighted by Gasteiger charge is -2.03. The van der Waals surface area contributed by atoms with E-state index in [0.717, 1.165) is 6.20 Å². The van der Waals surface area contributed by atoms with Crippen LogP contribution < -0.4 is 0 Å². The van der Waals surface area contributed by atoms with E-state index in [-0.39, 0.29) is 4.88 Å². The Morgan fingerprint density at radius 3 is 2.57 bits per heavy atom. The summed E-state index contributed by atoms with van der Waals surface area (Å²) in [7, 11) is 0. The van der Waals surface area contributed by atoms with Gasteiger partial charge in [0.15, 0.2) is 5.01 Å². The van der Waals surface area contributed by atoms with Crippen LogP contribution in [0, 0.1) is 0 Å². The van der Waals surface area contributed by atoms with Gasteiger partial charge < -0.3 is 0 Å². The van der Waals surface area contributed by atoms with Crippen molar-refractivity contribution in [2.45, 2.75) is 6.18 Å². The van der Waals surface area contributed by atoms with Crippen molar-refractivity contribution in [1.29, 1.82) is 0 Å². The van der Waals surface area contributed by atoms with Crippen molar-refractivity contribution in [2.24, 2.45) is 0 Å². The molecule has 1 aromatic carbocycles. The summed E-state index contributed by atoms with van der Waals surface area (Å²) in [4.78, 5) is 19.7. The number of aromatic nitrogens is 2. The molecule has 106 valence electrons. The second kappa shape index (κ2) is 4.92. The minimum atomic E-state index is -4.54. The van der Waals surface area contributed by atoms with Gasteiger partial charge in [0.1, 0.15) is 0 Å². The number of benzene rings is 1. The average molecular weight is 308 g/mol. The van der Waals surface area contributed by atoms with Gasteiger partial charge in [0, 0.05) is 23.3 Å². The molecule has 0 bridgehead atoms. The quantitative estimate of drug-likeness (QED) is 0.673. The van der Waals surface area contributed by atoms with Crippen molar-refractivity contribution in [3.63, 3.8) is 0 Å². The van der Waals surface area contributed by atoms with E-state index in [0.29, 0.717) is 27.8 Å². The van der Waals surface area contributed by atoms with Gasteiger partial charge in [0.2, 0.25) is 5.78 Å². The Morgan fingerprint density at radius 1 is 1.10 bits per heavy atom. The zero-order valence-electron chi connectivity index (χ0n) is 10.4. The molecule has 0 atom stereocenters. The number of thiazole rings is 1. The molecule has 0 N–H and O–H groups in total. The van der Waals surface area contributed by atoms with Crippen LogP contribution in [0.25, 0.3) is 10.9 Å². The van der Waals surface area contributed by atoms with Crippen LogP contribution in [0.3, 0.4) is 0 Å². The summed E-state index contributed by atoms with van der Waals surface area (Å²) in [6.07, 6.45) is -2.12. The number of nitrogens with zero attached hydrogens (tertiary/aromatic N) is 2. The minimum absolute atomic E-state index is 0.0429. The van der Waals surface area contributed by atoms with Crippen LogP contribution >= 0.6 is 11.3 Å². The third-order valence-corrected chi connectivity index (χ3v) is 3.91. The second-order valence-electron chi connectivity index (χ2n) is 4.23. The Bertz CT molecular complexity index is 821. The van der Waals surface area contributed by atoms with Gasteiger partial charge in [0.25, 0.3) is 0 Å². The van der Waals surface area contributed by atoms with E-state index >= 15 is 0 Å². The highest BCUT2D eigenvalue weighted by Crippen LogP contribution is 2.33. The van der Waals surface area contributed by atoms with Crippen molar-refractivity contribution in [1.82, 2.24) is 9.97 Å². The third kappa shape index (κ3) is 2.52. The maximum absolute atomic E-state index is 12.5. The molecule has 0 saturated carbocycles. The molecule has 2 aromatic heterocycles. The number of pyridine rings is 1. The first-order valence-corrected chi connectivity index (χ1v) is 6.70. The lowest BCUT2D eigenvalue weighted by molar-refractivity contribution is -0.137. The van der Waals surface area contributed by atoms with Crippen molar-refractivity contribution in [3.05, 3.63) is 58.2 Å². The largest absolute Gasteiger partial charge is 0.443 e. The number of rotatable bonds is 2. The van der Waals surface area contributed by atoms with Gasteiger partial charge >= 0.3 is 6.18 Å². The van der Waals surface area contributed by atoms with Crippen LogP contribution in [0.2, 0.25) is 0 Å². The molecule has 0 aliphatic carbocycles. The first kappa shape index (κ1) is 13.7. The van der Waals surface area contributed by atoms with E-state index in [1.165, 1.54) is 12.3 Å². The topological polar surface area (TPSA) is 42.9 Å². The van der Waals surface area contributed by atoms with Crippen LogP contribution in [0.5, 0.6) is 0 Å². The van der Waals surface area contributed by atoms with Gasteiger partial charge in [-0.1, -0.05) is 18.2 Å². The zero-order chi connectivity index (χ0) is 15.0. The maximum atomic E-state index is 12.5. The Hall–Kier alpha value is -2.28. The Labute approximate surface area is 121 Å². The standard InChI is InChI=1S/C14H7F3N2OS/c15-14(16,17)13-19-7-11(21-13)12(20)9-5-6-18-10-4-2-1-3-8(9)10/h1-7H. The van der Waals surface area contributed by atoms with Crippen LogP contribution in [0.1, 0.15) is 20.2 Å². The van der Waals surface area contributed by atoms with Crippen LogP contribution in [0.15, 0.2) is 42.7 Å². The summed E-state index contributed by atoms with van der Waals surface area (Å²) in [6, 6.07) is 8.46. The fraction of sp³-hybridized carbons (Fsp3) is 0.0714. The molecule has 0 radical (unpaired) electrons. The van der Waals surface area contributed by atoms with Crippen molar-refractivity contribution in [3.8, 4) is 0 Å². The summed E-state index contributed by atoms with van der Waals surface area (Å²) >= 11 is 0.345. The van der Waals surface area contributed by atoms with Gasteiger partial charge in [-0.15, -0.1) is 11.3 Å². The van der Waals surface area contributed by atoms with Crippen molar-refractivity contribution < 1.29 is 18.0 Å². The van der Waals surface area contributed by atoms with Crippen LogP contribution in [-0.2, 0) is 6.18 Å². The van der Waals surface area contributed by atoms with Crippen LogP contribution in [-0.4, -0.2) is 15.8 Å². The molecule has 21 heavy (non-hydrogen) atoms. The average Bonchev–Trinajstić information content (AvgIpc) is 2.96. The van der Waals surface area contributed by atoms with Gasteiger partial charge in [-0.05, 0) is 12.1 Å². The molecule has 0 saturated heterocycles. The third-order valence-electron chi connectivity index (χ3n) is 2.87. The monoisotopic (exact) mass is 308 g/mol. The SMILES string of the molecule is O=C(c1cnc(C(F)(F)F)s1)c1ccnc2ccccc12. The van der Waals surface area contributed by atoms with Gasteiger partial charge in [-0.25, -0.2) is 4.98 Å². The van der Waals surface area contributed by atoms with E-state index in [1.54, 1.807) is 24.3 Å². The predicted octanol–water partition coefficient (Wildman–Crippen LogP) is 3.94. The molecule has 3 nitrogen and oxygen atoms in total. The first-order chi connectivity index (χ1) is 9.97. The predicted molar refractivity (Wildman–Crippen MR) is 72.3 cm³/mol. The van der Waals surface area contributed by atoms with Gasteiger partial charge in [0.05, 0.1) is 10.4 Å². The molecular weight excluding hydrogens is 301 g/mol. The second-order valence-corrected chi connectivity index (χ2v) is 5.26. The van der Waals surface area contributed by atoms with Gasteiger partial charge in [-0.3, -0.25) is 9.78 Å². The van der Waals surface area contributed by atoms with E-state index in [2.05, 4.69) is 9.97 Å². The summed E-state index contributed by atoms with van der Waals surface area (Å²) in [5.41, 5.74) is 0.932. The Morgan fingerprint density at radius 2 is 1.86 bits per heavy atom. The normalized spacial score (nSPS) is 11.8. The molecule has 0 aliphatic rings. The van der Waals surface area contributed by atoms with Crippen molar-refractivity contribution in [2.75, 3.05) is 0 Å². The highest BCUT2D eigenvalue weighted by molar-refractivity contribution is 7.14. The lowest BCUT2D eigenvalue weighted by Crippen LogP contribution is -2.03. The summed E-state index contributed by atoms with van der Waals surface area (Å²) < 4.78 is 37.6. The molecule has 0 aliphatic heterocycles. The highest BCUT2D eigenvalue weighted by Gasteiger charge is 2.35. The number of hydrogen-bond acceptors (Lipinski definition) is 4. The van der Waals surface area contributed by atoms with E-state index in [9.17, 15) is 18.0 Å². The molecule has 0 fully saturated rings. The number of hydrogen-bond donors (Lipinski definition) is 0. The maximum Gasteiger partial charge on any atom is 0.443 e. The molecule has 0 spiro atoms. The fourth-order valence-corrected chi connectivity index (χ4v) is 2.67. The van der Waals surface area contributed by atoms with Gasteiger partial charge in [-0.2, -0.15) is 13.2 Å². The van der Waals surface area contributed by atoms with Crippen LogP contribution in [0.4, 0.5) is 13.2 Å². The number of carbonyl (C=O) groups is 1. The molecule has 0 unspecified atom stereocenters. The van der Waals surface area contributed by atoms with E-state index in [4.69, 9.17) is 0 Å². The number of para-hydroxylation sites is 1. The van der Waals surface area contributed by atoms with Crippen molar-refractivity contribution >= 4 is 28.0 Å². The minimum Gasteiger partial charge on any atom is -0.288 e. The smallest absolute Gasteiger partial charge is 0.288 e. The fourth-order valence-electron chi connectivity index (χ4n) is 1.94. The zero-order valence-corrected chi connectivity index (χ0v) is 11.2. The number of carbonyl (C=O) groups excluding carboxylic acids is 1. The molecule has 3 rings (SSSR count). The summed E-state index contributed by atoms with van der Waals surface area (Å²) in [5.74, 6) is -0.485. The summed E-state index contributed by atoms with van der Waals surface area (Å²) in [6.45, 7) is 0. The lowest BCUT2D eigenvalue weighted by atomic mass is 10.1.